The van der Waals surface area contributed by atoms with Crippen LogP contribution in [0.1, 0.15) is 29.3 Å². The highest BCUT2D eigenvalue weighted by Crippen LogP contribution is 2.30. The standard InChI is InChI=1S/C20H24N2O3/c1-24-13-11-22(15-17-7-4-5-10-21-17)20(23)14-19-18-8-3-2-6-16(18)9-12-25-19/h2-8,10,19H,9,11-15H2,1H3/t19-/m0/s1. The topological polar surface area (TPSA) is 51.7 Å². The first-order chi connectivity index (χ1) is 12.3. The highest BCUT2D eigenvalue weighted by Gasteiger charge is 2.25. The third-order valence-electron chi connectivity index (χ3n) is 4.45. The van der Waals surface area contributed by atoms with Gasteiger partial charge in [-0.2, -0.15) is 0 Å². The van der Waals surface area contributed by atoms with Gasteiger partial charge in [0.05, 0.1) is 38.0 Å². The minimum Gasteiger partial charge on any atom is -0.383 e. The molecule has 1 aliphatic rings. The number of fused-ring (bicyclic) bond motifs is 1. The van der Waals surface area contributed by atoms with Gasteiger partial charge < -0.3 is 14.4 Å². The molecule has 0 saturated carbocycles. The molecule has 0 bridgehead atoms. The van der Waals surface area contributed by atoms with Crippen LogP contribution in [0.3, 0.4) is 0 Å². The molecule has 2 aromatic rings. The van der Waals surface area contributed by atoms with Crippen LogP contribution in [0, 0.1) is 0 Å². The number of rotatable bonds is 7. The molecule has 3 rings (SSSR count). The van der Waals surface area contributed by atoms with Crippen LogP contribution in [-0.2, 0) is 27.2 Å². The lowest BCUT2D eigenvalue weighted by Gasteiger charge is -2.28. The first-order valence-corrected chi connectivity index (χ1v) is 8.64. The molecule has 25 heavy (non-hydrogen) atoms. The highest BCUT2D eigenvalue weighted by atomic mass is 16.5. The quantitative estimate of drug-likeness (QED) is 0.778. The van der Waals surface area contributed by atoms with Gasteiger partial charge in [-0.3, -0.25) is 9.78 Å². The highest BCUT2D eigenvalue weighted by molar-refractivity contribution is 5.77. The molecule has 1 amide bonds. The number of carbonyl (C=O) groups excluding carboxylic acids is 1. The summed E-state index contributed by atoms with van der Waals surface area (Å²) in [6, 6.07) is 14.0. The molecule has 1 atom stereocenters. The Morgan fingerprint density at radius 1 is 1.28 bits per heavy atom. The molecule has 0 spiro atoms. The van der Waals surface area contributed by atoms with Crippen molar-refractivity contribution in [2.75, 3.05) is 26.9 Å². The zero-order valence-electron chi connectivity index (χ0n) is 14.6. The molecule has 0 unspecified atom stereocenters. The van der Waals surface area contributed by atoms with Crippen molar-refractivity contribution in [2.24, 2.45) is 0 Å². The van der Waals surface area contributed by atoms with Crippen molar-refractivity contribution in [3.05, 3.63) is 65.5 Å². The number of methoxy groups -OCH3 is 1. The fraction of sp³-hybridized carbons (Fsp3) is 0.400. The summed E-state index contributed by atoms with van der Waals surface area (Å²) in [5.41, 5.74) is 3.28. The minimum absolute atomic E-state index is 0.0596. The molecule has 0 saturated heterocycles. The molecular weight excluding hydrogens is 316 g/mol. The van der Waals surface area contributed by atoms with Gasteiger partial charge in [-0.15, -0.1) is 0 Å². The van der Waals surface area contributed by atoms with Crippen LogP contribution in [0.5, 0.6) is 0 Å². The van der Waals surface area contributed by atoms with E-state index in [4.69, 9.17) is 9.47 Å². The van der Waals surface area contributed by atoms with Crippen LogP contribution < -0.4 is 0 Å². The Hall–Kier alpha value is -2.24. The van der Waals surface area contributed by atoms with Crippen LogP contribution >= 0.6 is 0 Å². The van der Waals surface area contributed by atoms with Crippen molar-refractivity contribution in [1.82, 2.24) is 9.88 Å². The van der Waals surface area contributed by atoms with Crippen molar-refractivity contribution in [1.29, 1.82) is 0 Å². The molecule has 0 aliphatic carbocycles. The molecule has 1 aromatic heterocycles. The molecule has 0 N–H and O–H groups in total. The normalized spacial score (nSPS) is 16.3. The van der Waals surface area contributed by atoms with Gasteiger partial charge in [0.1, 0.15) is 0 Å². The number of carbonyl (C=O) groups is 1. The zero-order chi connectivity index (χ0) is 17.5. The Balaban J connectivity index is 1.70. The van der Waals surface area contributed by atoms with Crippen LogP contribution in [0.4, 0.5) is 0 Å². The monoisotopic (exact) mass is 340 g/mol. The number of aromatic nitrogens is 1. The fourth-order valence-electron chi connectivity index (χ4n) is 3.11. The molecule has 1 aliphatic heterocycles. The molecule has 132 valence electrons. The van der Waals surface area contributed by atoms with Crippen LogP contribution in [-0.4, -0.2) is 42.7 Å². The van der Waals surface area contributed by atoms with Crippen molar-refractivity contribution in [2.45, 2.75) is 25.5 Å². The lowest BCUT2D eigenvalue weighted by atomic mass is 9.95. The molecule has 0 fully saturated rings. The number of benzene rings is 1. The SMILES string of the molecule is COCCN(Cc1ccccn1)C(=O)C[C@@H]1OCCc2ccccc21. The molecular formula is C20H24N2O3. The van der Waals surface area contributed by atoms with E-state index in [1.54, 1.807) is 18.2 Å². The summed E-state index contributed by atoms with van der Waals surface area (Å²) in [5.74, 6) is 0.0596. The van der Waals surface area contributed by atoms with Crippen molar-refractivity contribution < 1.29 is 14.3 Å². The summed E-state index contributed by atoms with van der Waals surface area (Å²) >= 11 is 0. The van der Waals surface area contributed by atoms with Gasteiger partial charge in [0.25, 0.3) is 0 Å². The van der Waals surface area contributed by atoms with Gasteiger partial charge in [0, 0.05) is 19.9 Å². The van der Waals surface area contributed by atoms with Gasteiger partial charge in [0.2, 0.25) is 5.91 Å². The van der Waals surface area contributed by atoms with Gasteiger partial charge >= 0.3 is 0 Å². The van der Waals surface area contributed by atoms with Crippen molar-refractivity contribution in [3.8, 4) is 0 Å². The number of hydrogen-bond donors (Lipinski definition) is 0. The first kappa shape index (κ1) is 17.6. The van der Waals surface area contributed by atoms with E-state index in [1.165, 1.54) is 5.56 Å². The Morgan fingerprint density at radius 2 is 2.12 bits per heavy atom. The van der Waals surface area contributed by atoms with E-state index in [1.807, 2.05) is 30.3 Å². The summed E-state index contributed by atoms with van der Waals surface area (Å²) in [6.07, 6.45) is 2.82. The largest absolute Gasteiger partial charge is 0.383 e. The summed E-state index contributed by atoms with van der Waals surface area (Å²) in [4.78, 5) is 19.0. The maximum Gasteiger partial charge on any atom is 0.225 e. The van der Waals surface area contributed by atoms with Crippen LogP contribution in [0.25, 0.3) is 0 Å². The van der Waals surface area contributed by atoms with Crippen molar-refractivity contribution in [3.63, 3.8) is 0 Å². The predicted molar refractivity (Wildman–Crippen MR) is 95.0 cm³/mol. The molecule has 2 heterocycles. The van der Waals surface area contributed by atoms with E-state index in [9.17, 15) is 4.79 Å². The summed E-state index contributed by atoms with van der Waals surface area (Å²) < 4.78 is 11.0. The van der Waals surface area contributed by atoms with E-state index in [-0.39, 0.29) is 12.0 Å². The molecule has 1 aromatic carbocycles. The summed E-state index contributed by atoms with van der Waals surface area (Å²) in [7, 11) is 1.64. The van der Waals surface area contributed by atoms with Crippen molar-refractivity contribution >= 4 is 5.91 Å². The zero-order valence-corrected chi connectivity index (χ0v) is 14.6. The van der Waals surface area contributed by atoms with Gasteiger partial charge in [-0.1, -0.05) is 30.3 Å². The van der Waals surface area contributed by atoms with E-state index < -0.39 is 0 Å². The number of hydrogen-bond acceptors (Lipinski definition) is 4. The van der Waals surface area contributed by atoms with E-state index in [2.05, 4.69) is 17.1 Å². The smallest absolute Gasteiger partial charge is 0.225 e. The van der Waals surface area contributed by atoms with E-state index in [0.29, 0.717) is 32.7 Å². The molecule has 5 heteroatoms. The lowest BCUT2D eigenvalue weighted by Crippen LogP contribution is -2.35. The summed E-state index contributed by atoms with van der Waals surface area (Å²) in [6.45, 7) is 2.19. The number of amides is 1. The first-order valence-electron chi connectivity index (χ1n) is 8.64. The third-order valence-corrected chi connectivity index (χ3v) is 4.45. The third kappa shape index (κ3) is 4.65. The average Bonchev–Trinajstić information content (AvgIpc) is 2.66. The van der Waals surface area contributed by atoms with Gasteiger partial charge in [-0.25, -0.2) is 0 Å². The minimum atomic E-state index is -0.175. The summed E-state index contributed by atoms with van der Waals surface area (Å²) in [5, 5.41) is 0. The average molecular weight is 340 g/mol. The van der Waals surface area contributed by atoms with E-state index >= 15 is 0 Å². The Bertz CT molecular complexity index is 690. The Labute approximate surface area is 148 Å². The van der Waals surface area contributed by atoms with Gasteiger partial charge in [0.15, 0.2) is 0 Å². The molecule has 0 radical (unpaired) electrons. The number of pyridine rings is 1. The molecule has 5 nitrogen and oxygen atoms in total. The lowest BCUT2D eigenvalue weighted by molar-refractivity contribution is -0.136. The number of nitrogens with zero attached hydrogens (tertiary/aromatic N) is 2. The predicted octanol–water partition coefficient (Wildman–Crippen LogP) is 2.76. The second kappa shape index (κ2) is 8.74. The van der Waals surface area contributed by atoms with E-state index in [0.717, 1.165) is 17.7 Å². The second-order valence-corrected chi connectivity index (χ2v) is 6.14. The van der Waals surface area contributed by atoms with Gasteiger partial charge in [-0.05, 0) is 29.7 Å². The van der Waals surface area contributed by atoms with Crippen LogP contribution in [0.15, 0.2) is 48.7 Å². The Morgan fingerprint density at radius 3 is 2.92 bits per heavy atom. The fourth-order valence-corrected chi connectivity index (χ4v) is 3.11. The maximum atomic E-state index is 12.9. The second-order valence-electron chi connectivity index (χ2n) is 6.14. The Kier molecular flexibility index (Phi) is 6.14. The number of ether oxygens (including phenoxy) is 2. The maximum absolute atomic E-state index is 12.9. The van der Waals surface area contributed by atoms with Crippen LogP contribution in [0.2, 0.25) is 0 Å².